The number of aryl methyl sites for hydroxylation is 1. The maximum atomic E-state index is 4.60. The average Bonchev–Trinajstić information content (AvgIpc) is 2.90. The lowest BCUT2D eigenvalue weighted by molar-refractivity contribution is 0.878. The van der Waals surface area contributed by atoms with E-state index < -0.39 is 0 Å². The summed E-state index contributed by atoms with van der Waals surface area (Å²) >= 11 is 5.07. The molecule has 0 aliphatic heterocycles. The fraction of sp³-hybridized carbons (Fsp3) is 0.118. The van der Waals surface area contributed by atoms with E-state index in [2.05, 4.69) is 73.4 Å². The predicted octanol–water partition coefficient (Wildman–Crippen LogP) is 4.87. The van der Waals surface area contributed by atoms with Crippen LogP contribution in [0.3, 0.4) is 0 Å². The molecule has 0 saturated carbocycles. The van der Waals surface area contributed by atoms with Crippen LogP contribution < -0.4 is 0 Å². The van der Waals surface area contributed by atoms with Crippen LogP contribution in [0.2, 0.25) is 0 Å². The van der Waals surface area contributed by atoms with E-state index in [0.717, 1.165) is 32.3 Å². The van der Waals surface area contributed by atoms with Crippen molar-refractivity contribution in [3.63, 3.8) is 0 Å². The zero-order valence-corrected chi connectivity index (χ0v) is 14.8. The molecule has 0 fully saturated rings. The van der Waals surface area contributed by atoms with Crippen molar-refractivity contribution >= 4 is 49.8 Å². The van der Waals surface area contributed by atoms with Crippen molar-refractivity contribution in [1.29, 1.82) is 0 Å². The van der Waals surface area contributed by atoms with Gasteiger partial charge in [0, 0.05) is 21.1 Å². The average molecular weight is 385 g/mol. The first kappa shape index (κ1) is 14.7. The van der Waals surface area contributed by atoms with Crippen LogP contribution in [0.1, 0.15) is 11.1 Å². The topological polar surface area (TPSA) is 54.5 Å². The van der Waals surface area contributed by atoms with Crippen LogP contribution in [-0.4, -0.2) is 20.2 Å². The van der Waals surface area contributed by atoms with Gasteiger partial charge in [-0.25, -0.2) is 4.98 Å². The Morgan fingerprint density at radius 1 is 1.13 bits per heavy atom. The van der Waals surface area contributed by atoms with E-state index in [4.69, 9.17) is 0 Å². The number of aromatic nitrogens is 4. The molecule has 4 aromatic rings. The van der Waals surface area contributed by atoms with Crippen LogP contribution in [0.5, 0.6) is 0 Å². The van der Waals surface area contributed by atoms with Crippen LogP contribution in [-0.2, 0) is 5.75 Å². The number of rotatable bonds is 3. The summed E-state index contributed by atoms with van der Waals surface area (Å²) < 4.78 is 1.08. The SMILES string of the molecule is Cc1ccc2[nH]c3nc(SCc4cccc(Br)c4)nnc3c2c1. The molecular weight excluding hydrogens is 372 g/mol. The maximum absolute atomic E-state index is 4.60. The normalized spacial score (nSPS) is 11.4. The number of halogens is 1. The number of hydrogen-bond acceptors (Lipinski definition) is 4. The summed E-state index contributed by atoms with van der Waals surface area (Å²) in [5.41, 5.74) is 5.09. The van der Waals surface area contributed by atoms with Crippen LogP contribution >= 0.6 is 27.7 Å². The van der Waals surface area contributed by atoms with Crippen molar-refractivity contribution in [2.45, 2.75) is 17.8 Å². The van der Waals surface area contributed by atoms with Gasteiger partial charge in [-0.1, -0.05) is 51.5 Å². The molecule has 0 bridgehead atoms. The highest BCUT2D eigenvalue weighted by Gasteiger charge is 2.09. The molecule has 2 aromatic heterocycles. The van der Waals surface area contributed by atoms with Gasteiger partial charge in [0.1, 0.15) is 5.52 Å². The van der Waals surface area contributed by atoms with Crippen LogP contribution in [0.15, 0.2) is 52.1 Å². The first-order valence-electron chi connectivity index (χ1n) is 7.19. The third-order valence-corrected chi connectivity index (χ3v) is 5.01. The quantitative estimate of drug-likeness (QED) is 0.512. The number of benzene rings is 2. The van der Waals surface area contributed by atoms with E-state index in [0.29, 0.717) is 5.16 Å². The van der Waals surface area contributed by atoms with Gasteiger partial charge in [0.25, 0.3) is 0 Å². The Hall–Kier alpha value is -1.92. The van der Waals surface area contributed by atoms with Gasteiger partial charge in [-0.2, -0.15) is 0 Å². The molecule has 23 heavy (non-hydrogen) atoms. The molecule has 4 nitrogen and oxygen atoms in total. The molecule has 0 atom stereocenters. The summed E-state index contributed by atoms with van der Waals surface area (Å²) in [5, 5.41) is 10.4. The number of nitrogens with zero attached hydrogens (tertiary/aromatic N) is 3. The van der Waals surface area contributed by atoms with E-state index in [1.165, 1.54) is 11.1 Å². The molecule has 4 rings (SSSR count). The molecule has 1 N–H and O–H groups in total. The van der Waals surface area contributed by atoms with Gasteiger partial charge in [0.2, 0.25) is 5.16 Å². The fourth-order valence-corrected chi connectivity index (χ4v) is 3.68. The molecule has 0 aliphatic rings. The lowest BCUT2D eigenvalue weighted by Gasteiger charge is -2.01. The van der Waals surface area contributed by atoms with Crippen molar-refractivity contribution in [1.82, 2.24) is 20.2 Å². The highest BCUT2D eigenvalue weighted by molar-refractivity contribution is 9.10. The van der Waals surface area contributed by atoms with Crippen LogP contribution in [0, 0.1) is 6.92 Å². The van der Waals surface area contributed by atoms with Gasteiger partial charge in [0.05, 0.1) is 0 Å². The maximum Gasteiger partial charge on any atom is 0.211 e. The Bertz CT molecular complexity index is 1010. The largest absolute Gasteiger partial charge is 0.338 e. The first-order valence-corrected chi connectivity index (χ1v) is 8.97. The molecule has 2 heterocycles. The second-order valence-electron chi connectivity index (χ2n) is 5.38. The Morgan fingerprint density at radius 2 is 2.04 bits per heavy atom. The number of aromatic amines is 1. The van der Waals surface area contributed by atoms with Crippen LogP contribution in [0.25, 0.3) is 22.1 Å². The predicted molar refractivity (Wildman–Crippen MR) is 97.6 cm³/mol. The minimum Gasteiger partial charge on any atom is -0.338 e. The van der Waals surface area contributed by atoms with E-state index in [1.54, 1.807) is 11.8 Å². The van der Waals surface area contributed by atoms with Crippen molar-refractivity contribution in [2.75, 3.05) is 0 Å². The first-order chi connectivity index (χ1) is 11.2. The lowest BCUT2D eigenvalue weighted by Crippen LogP contribution is -1.92. The standard InChI is InChI=1S/C17H13BrN4S/c1-10-5-6-14-13(7-10)15-16(19-14)20-17(22-21-15)23-9-11-3-2-4-12(18)8-11/h2-8H,9H2,1H3,(H,19,20,22). The van der Waals surface area contributed by atoms with Crippen molar-refractivity contribution in [3.8, 4) is 0 Å². The highest BCUT2D eigenvalue weighted by Crippen LogP contribution is 2.26. The monoisotopic (exact) mass is 384 g/mol. The molecule has 0 radical (unpaired) electrons. The molecule has 2 aromatic carbocycles. The Balaban J connectivity index is 1.65. The summed E-state index contributed by atoms with van der Waals surface area (Å²) in [7, 11) is 0. The minimum absolute atomic E-state index is 0.681. The third kappa shape index (κ3) is 2.96. The van der Waals surface area contributed by atoms with Gasteiger partial charge in [-0.15, -0.1) is 10.2 Å². The van der Waals surface area contributed by atoms with E-state index in [9.17, 15) is 0 Å². The van der Waals surface area contributed by atoms with Crippen molar-refractivity contribution < 1.29 is 0 Å². The smallest absolute Gasteiger partial charge is 0.211 e. The Kier molecular flexibility index (Phi) is 3.79. The number of nitrogens with one attached hydrogen (secondary N) is 1. The van der Waals surface area contributed by atoms with Gasteiger partial charge >= 0.3 is 0 Å². The van der Waals surface area contributed by atoms with Gasteiger partial charge in [0.15, 0.2) is 5.65 Å². The highest BCUT2D eigenvalue weighted by atomic mass is 79.9. The number of thioether (sulfide) groups is 1. The number of fused-ring (bicyclic) bond motifs is 3. The molecular formula is C17H13BrN4S. The molecule has 0 saturated heterocycles. The lowest BCUT2D eigenvalue weighted by atomic mass is 10.2. The van der Waals surface area contributed by atoms with Crippen molar-refractivity contribution in [2.24, 2.45) is 0 Å². The van der Waals surface area contributed by atoms with Crippen LogP contribution in [0.4, 0.5) is 0 Å². The summed E-state index contributed by atoms with van der Waals surface area (Å²) in [6.45, 7) is 2.07. The van der Waals surface area contributed by atoms with E-state index >= 15 is 0 Å². The summed E-state index contributed by atoms with van der Waals surface area (Å²) in [6, 6.07) is 14.5. The number of hydrogen-bond donors (Lipinski definition) is 1. The molecule has 0 unspecified atom stereocenters. The molecule has 0 amide bonds. The van der Waals surface area contributed by atoms with Gasteiger partial charge < -0.3 is 4.98 Å². The summed E-state index contributed by atoms with van der Waals surface area (Å²) in [4.78, 5) is 7.92. The molecule has 114 valence electrons. The van der Waals surface area contributed by atoms with Gasteiger partial charge in [-0.05, 0) is 36.8 Å². The Labute approximate surface area is 145 Å². The van der Waals surface area contributed by atoms with Crippen molar-refractivity contribution in [3.05, 3.63) is 58.1 Å². The molecule has 6 heteroatoms. The second-order valence-corrected chi connectivity index (χ2v) is 7.24. The Morgan fingerprint density at radius 3 is 2.91 bits per heavy atom. The van der Waals surface area contributed by atoms with E-state index in [-0.39, 0.29) is 0 Å². The number of H-pyrrole nitrogens is 1. The second kappa shape index (κ2) is 5.94. The zero-order valence-electron chi connectivity index (χ0n) is 12.4. The third-order valence-electron chi connectivity index (χ3n) is 3.61. The minimum atomic E-state index is 0.681. The fourth-order valence-electron chi connectivity index (χ4n) is 2.51. The zero-order chi connectivity index (χ0) is 15.8. The summed E-state index contributed by atoms with van der Waals surface area (Å²) in [6.07, 6.45) is 0. The van der Waals surface area contributed by atoms with Gasteiger partial charge in [-0.3, -0.25) is 0 Å². The summed E-state index contributed by atoms with van der Waals surface area (Å²) in [5.74, 6) is 0.811. The van der Waals surface area contributed by atoms with E-state index in [1.807, 2.05) is 12.1 Å². The molecule has 0 aliphatic carbocycles. The molecule has 0 spiro atoms.